The lowest BCUT2D eigenvalue weighted by Crippen LogP contribution is -2.00. The predicted octanol–water partition coefficient (Wildman–Crippen LogP) is 1.65. The van der Waals surface area contributed by atoms with E-state index < -0.39 is 5.97 Å². The monoisotopic (exact) mass is 219 g/mol. The van der Waals surface area contributed by atoms with Crippen molar-refractivity contribution in [2.75, 3.05) is 0 Å². The van der Waals surface area contributed by atoms with Gasteiger partial charge in [0, 0.05) is 11.5 Å². The lowest BCUT2D eigenvalue weighted by Gasteiger charge is -2.06. The molecule has 2 aromatic rings. The van der Waals surface area contributed by atoms with Crippen molar-refractivity contribution in [1.82, 2.24) is 4.98 Å². The maximum Gasteiger partial charge on any atom is 0.354 e. The molecule has 0 saturated carbocycles. The highest BCUT2D eigenvalue weighted by Gasteiger charge is 2.14. The van der Waals surface area contributed by atoms with Crippen LogP contribution in [0.2, 0.25) is 0 Å². The molecule has 0 aliphatic heterocycles. The summed E-state index contributed by atoms with van der Waals surface area (Å²) in [6, 6.07) is 4.10. The lowest BCUT2D eigenvalue weighted by atomic mass is 10.1. The Kier molecular flexibility index (Phi) is 2.16. The van der Waals surface area contributed by atoms with Crippen LogP contribution in [-0.2, 0) is 0 Å². The summed E-state index contributed by atoms with van der Waals surface area (Å²) in [5, 5.41) is 28.4. The average Bonchev–Trinajstić information content (AvgIpc) is 2.22. The van der Waals surface area contributed by atoms with E-state index >= 15 is 0 Å². The van der Waals surface area contributed by atoms with Crippen LogP contribution in [0.4, 0.5) is 0 Å². The zero-order chi connectivity index (χ0) is 11.9. The number of carbonyl (C=O) groups is 1. The summed E-state index contributed by atoms with van der Waals surface area (Å²) in [6.07, 6.45) is 0. The topological polar surface area (TPSA) is 90.7 Å². The number of nitrogens with zero attached hydrogens (tertiary/aromatic N) is 1. The molecule has 16 heavy (non-hydrogen) atoms. The molecule has 0 bridgehead atoms. The number of aromatic carboxylic acids is 1. The van der Waals surface area contributed by atoms with Crippen LogP contribution < -0.4 is 0 Å². The third-order valence-corrected chi connectivity index (χ3v) is 2.35. The number of carboxylic acid groups (broad SMARTS) is 1. The number of hydrogen-bond acceptors (Lipinski definition) is 4. The van der Waals surface area contributed by atoms with Gasteiger partial charge in [0.2, 0.25) is 0 Å². The highest BCUT2D eigenvalue weighted by molar-refractivity contribution is 5.96. The van der Waals surface area contributed by atoms with Gasteiger partial charge < -0.3 is 15.3 Å². The van der Waals surface area contributed by atoms with E-state index in [1.165, 1.54) is 6.07 Å². The van der Waals surface area contributed by atoms with Gasteiger partial charge >= 0.3 is 5.97 Å². The van der Waals surface area contributed by atoms with E-state index in [0.717, 1.165) is 11.6 Å². The molecular weight excluding hydrogens is 210 g/mol. The second-order valence-electron chi connectivity index (χ2n) is 3.46. The average molecular weight is 219 g/mol. The summed E-state index contributed by atoms with van der Waals surface area (Å²) in [5.74, 6) is -1.60. The van der Waals surface area contributed by atoms with Crippen molar-refractivity contribution in [3.8, 4) is 11.5 Å². The van der Waals surface area contributed by atoms with Crippen LogP contribution in [0.25, 0.3) is 10.9 Å². The molecule has 2 rings (SSSR count). The molecule has 1 heterocycles. The zero-order valence-electron chi connectivity index (χ0n) is 8.43. The van der Waals surface area contributed by atoms with Gasteiger partial charge in [-0.3, -0.25) is 0 Å². The fourth-order valence-corrected chi connectivity index (χ4v) is 1.58. The number of rotatable bonds is 1. The molecule has 0 saturated heterocycles. The van der Waals surface area contributed by atoms with Gasteiger partial charge in [-0.05, 0) is 18.6 Å². The van der Waals surface area contributed by atoms with E-state index in [1.807, 2.05) is 0 Å². The highest BCUT2D eigenvalue weighted by Crippen LogP contribution is 2.32. The predicted molar refractivity (Wildman–Crippen MR) is 56.8 cm³/mol. The van der Waals surface area contributed by atoms with Crippen molar-refractivity contribution in [2.24, 2.45) is 0 Å². The maximum absolute atomic E-state index is 10.7. The van der Waals surface area contributed by atoms with E-state index in [-0.39, 0.29) is 22.7 Å². The van der Waals surface area contributed by atoms with Crippen LogP contribution in [0, 0.1) is 6.92 Å². The standard InChI is InChI=1S/C11H9NO4/c1-5-2-3-7(13)10-9(5)8(14)4-6(12-10)11(15)16/h2-4,13H,1H3,(H,12,14)(H,15,16). The Bertz CT molecular complexity index is 592. The minimum Gasteiger partial charge on any atom is -0.507 e. The van der Waals surface area contributed by atoms with E-state index in [9.17, 15) is 15.0 Å². The van der Waals surface area contributed by atoms with Crippen molar-refractivity contribution in [3.05, 3.63) is 29.5 Å². The number of phenols is 1. The molecule has 3 N–H and O–H groups in total. The number of phenolic OH excluding ortho intramolecular Hbond substituents is 1. The molecule has 1 aromatic carbocycles. The molecular formula is C11H9NO4. The largest absolute Gasteiger partial charge is 0.507 e. The number of pyridine rings is 1. The molecule has 0 aliphatic carbocycles. The Balaban J connectivity index is 2.92. The Morgan fingerprint density at radius 1 is 1.25 bits per heavy atom. The second-order valence-corrected chi connectivity index (χ2v) is 3.46. The van der Waals surface area contributed by atoms with Gasteiger partial charge in [0.05, 0.1) is 0 Å². The summed E-state index contributed by atoms with van der Waals surface area (Å²) in [7, 11) is 0. The fraction of sp³-hybridized carbons (Fsp3) is 0.0909. The van der Waals surface area contributed by atoms with Crippen LogP contribution >= 0.6 is 0 Å². The third-order valence-electron chi connectivity index (χ3n) is 2.35. The number of fused-ring (bicyclic) bond motifs is 1. The van der Waals surface area contributed by atoms with Gasteiger partial charge in [0.1, 0.15) is 17.0 Å². The molecule has 0 atom stereocenters. The quantitative estimate of drug-likeness (QED) is 0.678. The van der Waals surface area contributed by atoms with Crippen LogP contribution in [0.3, 0.4) is 0 Å². The molecule has 5 heteroatoms. The summed E-state index contributed by atoms with van der Waals surface area (Å²) in [5.41, 5.74) is 0.512. The first-order valence-corrected chi connectivity index (χ1v) is 4.56. The Labute approximate surface area is 90.6 Å². The molecule has 5 nitrogen and oxygen atoms in total. The van der Waals surface area contributed by atoms with Crippen molar-refractivity contribution < 1.29 is 20.1 Å². The van der Waals surface area contributed by atoms with E-state index in [2.05, 4.69) is 4.98 Å². The number of hydrogen-bond donors (Lipinski definition) is 3. The van der Waals surface area contributed by atoms with Crippen molar-refractivity contribution >= 4 is 16.9 Å². The molecule has 1 aromatic heterocycles. The number of aromatic nitrogens is 1. The maximum atomic E-state index is 10.7. The molecule has 82 valence electrons. The Morgan fingerprint density at radius 2 is 1.94 bits per heavy atom. The minimum atomic E-state index is -1.25. The lowest BCUT2D eigenvalue weighted by molar-refractivity contribution is 0.0690. The molecule has 0 amide bonds. The van der Waals surface area contributed by atoms with Crippen LogP contribution in [0.5, 0.6) is 11.5 Å². The van der Waals surface area contributed by atoms with Gasteiger partial charge in [-0.1, -0.05) is 6.07 Å². The van der Waals surface area contributed by atoms with Crippen LogP contribution in [0.15, 0.2) is 18.2 Å². The molecule has 0 spiro atoms. The van der Waals surface area contributed by atoms with Crippen molar-refractivity contribution in [3.63, 3.8) is 0 Å². The van der Waals surface area contributed by atoms with Crippen molar-refractivity contribution in [2.45, 2.75) is 6.92 Å². The minimum absolute atomic E-state index is 0.0948. The number of carboxylic acids is 1. The van der Waals surface area contributed by atoms with Gasteiger partial charge in [-0.25, -0.2) is 9.78 Å². The summed E-state index contributed by atoms with van der Waals surface area (Å²) in [4.78, 5) is 14.5. The van der Waals surface area contributed by atoms with Crippen molar-refractivity contribution in [1.29, 1.82) is 0 Å². The smallest absolute Gasteiger partial charge is 0.354 e. The SMILES string of the molecule is Cc1ccc(O)c2nc(C(=O)O)cc(O)c12. The van der Waals surface area contributed by atoms with Gasteiger partial charge in [0.25, 0.3) is 0 Å². The van der Waals surface area contributed by atoms with E-state index in [4.69, 9.17) is 5.11 Å². The summed E-state index contributed by atoms with van der Waals surface area (Å²) >= 11 is 0. The molecule has 0 fully saturated rings. The van der Waals surface area contributed by atoms with Crippen LogP contribution in [0.1, 0.15) is 16.1 Å². The summed E-state index contributed by atoms with van der Waals surface area (Å²) in [6.45, 7) is 1.74. The first kappa shape index (κ1) is 10.2. The molecule has 0 unspecified atom stereocenters. The van der Waals surface area contributed by atoms with Gasteiger partial charge in [-0.15, -0.1) is 0 Å². The zero-order valence-corrected chi connectivity index (χ0v) is 8.43. The number of benzene rings is 1. The first-order valence-electron chi connectivity index (χ1n) is 4.56. The fourth-order valence-electron chi connectivity index (χ4n) is 1.58. The van der Waals surface area contributed by atoms with Gasteiger partial charge in [-0.2, -0.15) is 0 Å². The molecule has 0 aliphatic rings. The Morgan fingerprint density at radius 3 is 2.56 bits per heavy atom. The van der Waals surface area contributed by atoms with Crippen LogP contribution in [-0.4, -0.2) is 26.3 Å². The third kappa shape index (κ3) is 1.42. The second kappa shape index (κ2) is 3.37. The van der Waals surface area contributed by atoms with E-state index in [0.29, 0.717) is 5.39 Å². The van der Waals surface area contributed by atoms with Gasteiger partial charge in [0.15, 0.2) is 5.69 Å². The number of aromatic hydroxyl groups is 2. The molecule has 0 radical (unpaired) electrons. The normalized spacial score (nSPS) is 10.6. The van der Waals surface area contributed by atoms with E-state index in [1.54, 1.807) is 13.0 Å². The summed E-state index contributed by atoms with van der Waals surface area (Å²) < 4.78 is 0. The first-order chi connectivity index (χ1) is 7.50. The Hall–Kier alpha value is -2.30. The number of aryl methyl sites for hydroxylation is 1. The highest BCUT2D eigenvalue weighted by atomic mass is 16.4.